The van der Waals surface area contributed by atoms with E-state index in [0.717, 1.165) is 40.5 Å². The number of unbranched alkanes of at least 4 members (excludes halogenated alkanes) is 4. The van der Waals surface area contributed by atoms with Gasteiger partial charge in [-0.2, -0.15) is 15.1 Å². The van der Waals surface area contributed by atoms with E-state index in [0.29, 0.717) is 5.17 Å². The summed E-state index contributed by atoms with van der Waals surface area (Å²) in [6, 6.07) is 8.36. The van der Waals surface area contributed by atoms with E-state index in [9.17, 15) is 4.79 Å². The van der Waals surface area contributed by atoms with Crippen molar-refractivity contribution in [1.82, 2.24) is 9.58 Å². The topological polar surface area (TPSA) is 73.8 Å². The molecule has 1 amide bonds. The number of carbonyl (C=O) groups is 1. The first kappa shape index (κ1) is 24.2. The number of aliphatic imine (C=N–C) groups is 1. The molecule has 0 saturated carbocycles. The maximum atomic E-state index is 12.9. The molecule has 1 aromatic heterocycles. The van der Waals surface area contributed by atoms with E-state index < -0.39 is 0 Å². The lowest BCUT2D eigenvalue weighted by atomic mass is 10.1. The van der Waals surface area contributed by atoms with Gasteiger partial charge in [-0.15, -0.1) is 0 Å². The van der Waals surface area contributed by atoms with Crippen molar-refractivity contribution in [2.24, 2.45) is 10.1 Å². The predicted molar refractivity (Wildman–Crippen MR) is 143 cm³/mol. The molecule has 7 heteroatoms. The quantitative estimate of drug-likeness (QED) is 0.341. The average molecular weight is 476 g/mol. The van der Waals surface area contributed by atoms with Crippen LogP contribution in [0.15, 0.2) is 39.9 Å². The lowest BCUT2D eigenvalue weighted by molar-refractivity contribution is -0.114. The summed E-state index contributed by atoms with van der Waals surface area (Å²) in [5.74, 6) is -0.278. The average Bonchev–Trinajstić information content (AvgIpc) is 3.33. The Morgan fingerprint density at radius 2 is 1.85 bits per heavy atom. The molecule has 1 N–H and O–H groups in total. The molecule has 0 unspecified atom stereocenters. The zero-order valence-corrected chi connectivity index (χ0v) is 21.6. The maximum absolute atomic E-state index is 12.9. The molecule has 2 aliphatic rings. The predicted octanol–water partition coefficient (Wildman–Crippen LogP) is 6.69. The SMILES string of the molecule is CCCCCCCC1=NN2C(=N)/C(=C\c3cc(C)n(-c4cccc(C)c4C)c3C)C(=O)N=C2S1. The van der Waals surface area contributed by atoms with Gasteiger partial charge in [-0.1, -0.05) is 44.7 Å². The van der Waals surface area contributed by atoms with Crippen molar-refractivity contribution in [2.75, 3.05) is 0 Å². The molecule has 0 spiro atoms. The summed E-state index contributed by atoms with van der Waals surface area (Å²) in [6.45, 7) is 10.6. The highest BCUT2D eigenvalue weighted by atomic mass is 32.2. The van der Waals surface area contributed by atoms with Crippen LogP contribution < -0.4 is 0 Å². The molecule has 2 aliphatic heterocycles. The number of rotatable bonds is 8. The van der Waals surface area contributed by atoms with Crippen LogP contribution in [0, 0.1) is 33.1 Å². The van der Waals surface area contributed by atoms with Crippen molar-refractivity contribution in [3.8, 4) is 5.69 Å². The summed E-state index contributed by atoms with van der Waals surface area (Å²) >= 11 is 1.42. The van der Waals surface area contributed by atoms with Gasteiger partial charge >= 0.3 is 0 Å². The lowest BCUT2D eigenvalue weighted by Gasteiger charge is -2.20. The number of amides is 1. The van der Waals surface area contributed by atoms with Crippen molar-refractivity contribution in [1.29, 1.82) is 5.41 Å². The number of aromatic nitrogens is 1. The molecular formula is C27H33N5OS. The van der Waals surface area contributed by atoms with E-state index in [-0.39, 0.29) is 17.3 Å². The zero-order chi connectivity index (χ0) is 24.4. The molecule has 1 aromatic carbocycles. The van der Waals surface area contributed by atoms with E-state index in [1.165, 1.54) is 53.6 Å². The number of nitrogens with one attached hydrogen (secondary N) is 1. The Bertz CT molecular complexity index is 1230. The Kier molecular flexibility index (Phi) is 7.22. The molecular weight excluding hydrogens is 442 g/mol. The number of fused-ring (bicyclic) bond motifs is 1. The highest BCUT2D eigenvalue weighted by Crippen LogP contribution is 2.32. The minimum absolute atomic E-state index is 0.0972. The van der Waals surface area contributed by atoms with Crippen LogP contribution in [0.25, 0.3) is 11.8 Å². The smallest absolute Gasteiger partial charge is 0.283 e. The number of nitrogens with zero attached hydrogens (tertiary/aromatic N) is 4. The Morgan fingerprint density at radius 1 is 1.09 bits per heavy atom. The maximum Gasteiger partial charge on any atom is 0.283 e. The minimum Gasteiger partial charge on any atom is -0.318 e. The third kappa shape index (κ3) is 4.67. The summed E-state index contributed by atoms with van der Waals surface area (Å²) in [6.07, 6.45) is 8.62. The van der Waals surface area contributed by atoms with E-state index in [1.54, 1.807) is 6.08 Å². The van der Waals surface area contributed by atoms with E-state index in [4.69, 9.17) is 5.41 Å². The number of amidine groups is 2. The van der Waals surface area contributed by atoms with Gasteiger partial charge in [-0.05, 0) is 87.2 Å². The largest absolute Gasteiger partial charge is 0.318 e. The monoisotopic (exact) mass is 475 g/mol. The lowest BCUT2D eigenvalue weighted by Crippen LogP contribution is -2.35. The first-order valence-electron chi connectivity index (χ1n) is 12.1. The Labute approximate surface area is 206 Å². The third-order valence-corrected chi connectivity index (χ3v) is 7.55. The summed E-state index contributed by atoms with van der Waals surface area (Å²) in [5, 5.41) is 16.3. The van der Waals surface area contributed by atoms with Crippen LogP contribution in [0.2, 0.25) is 0 Å². The third-order valence-electron chi connectivity index (χ3n) is 6.58. The van der Waals surface area contributed by atoms with Gasteiger partial charge in [-0.25, -0.2) is 0 Å². The molecule has 0 saturated heterocycles. The van der Waals surface area contributed by atoms with Crippen LogP contribution in [-0.4, -0.2) is 31.5 Å². The van der Waals surface area contributed by atoms with Crippen molar-refractivity contribution < 1.29 is 4.79 Å². The number of carbonyl (C=O) groups excluding carboxylic acids is 1. The standard InChI is InChI=1S/C27H33N5OS/c1-6-7-8-9-10-14-24-30-32-25(28)22(26(33)29-27(32)34-24)16-21-15-18(3)31(20(21)5)23-13-11-12-17(2)19(23)4/h11-13,15-16,28H,6-10,14H2,1-5H3/b22-16+,28-25?. The molecule has 0 fully saturated rings. The van der Waals surface area contributed by atoms with Crippen LogP contribution in [0.3, 0.4) is 0 Å². The normalized spacial score (nSPS) is 16.9. The molecule has 0 bridgehead atoms. The fourth-order valence-corrected chi connectivity index (χ4v) is 5.38. The molecule has 3 heterocycles. The van der Waals surface area contributed by atoms with Gasteiger partial charge in [0.1, 0.15) is 5.04 Å². The number of thioether (sulfide) groups is 1. The van der Waals surface area contributed by atoms with Gasteiger partial charge in [0, 0.05) is 17.1 Å². The van der Waals surface area contributed by atoms with Crippen LogP contribution in [-0.2, 0) is 4.79 Å². The fraction of sp³-hybridized carbons (Fsp3) is 0.407. The molecule has 178 valence electrons. The van der Waals surface area contributed by atoms with Gasteiger partial charge in [0.25, 0.3) is 5.91 Å². The molecule has 0 radical (unpaired) electrons. The molecule has 6 nitrogen and oxygen atoms in total. The first-order chi connectivity index (χ1) is 16.3. The summed E-state index contributed by atoms with van der Waals surface area (Å²) in [4.78, 5) is 17.1. The van der Waals surface area contributed by atoms with Crippen molar-refractivity contribution in [3.63, 3.8) is 0 Å². The number of benzene rings is 1. The van der Waals surface area contributed by atoms with Crippen LogP contribution in [0.4, 0.5) is 0 Å². The Balaban J connectivity index is 1.59. The number of hydrogen-bond donors (Lipinski definition) is 1. The van der Waals surface area contributed by atoms with E-state index in [2.05, 4.69) is 66.6 Å². The van der Waals surface area contributed by atoms with Crippen molar-refractivity contribution in [3.05, 3.63) is 57.9 Å². The summed E-state index contributed by atoms with van der Waals surface area (Å²) in [5.41, 5.74) is 6.90. The summed E-state index contributed by atoms with van der Waals surface area (Å²) in [7, 11) is 0. The second-order valence-corrected chi connectivity index (χ2v) is 10.1. The second-order valence-electron chi connectivity index (χ2n) is 9.06. The van der Waals surface area contributed by atoms with Gasteiger partial charge in [0.05, 0.1) is 5.57 Å². The highest BCUT2D eigenvalue weighted by Gasteiger charge is 2.35. The number of hydrazone groups is 1. The second kappa shape index (κ2) is 10.1. The van der Waals surface area contributed by atoms with E-state index >= 15 is 0 Å². The van der Waals surface area contributed by atoms with Crippen LogP contribution in [0.5, 0.6) is 0 Å². The number of hydrogen-bond acceptors (Lipinski definition) is 4. The molecule has 0 atom stereocenters. The Hall–Kier alpha value is -2.93. The molecule has 2 aromatic rings. The van der Waals surface area contributed by atoms with Gasteiger partial charge in [0.15, 0.2) is 5.84 Å². The minimum atomic E-state index is -0.375. The van der Waals surface area contributed by atoms with Gasteiger partial charge in [-0.3, -0.25) is 10.2 Å². The zero-order valence-electron chi connectivity index (χ0n) is 20.7. The van der Waals surface area contributed by atoms with Crippen LogP contribution in [0.1, 0.15) is 73.5 Å². The van der Waals surface area contributed by atoms with Gasteiger partial charge in [0.2, 0.25) is 5.17 Å². The molecule has 4 rings (SSSR count). The molecule has 0 aliphatic carbocycles. The summed E-state index contributed by atoms with van der Waals surface area (Å²) < 4.78 is 2.21. The fourth-order valence-electron chi connectivity index (χ4n) is 4.45. The van der Waals surface area contributed by atoms with Crippen molar-refractivity contribution in [2.45, 2.75) is 73.1 Å². The number of aryl methyl sites for hydroxylation is 2. The van der Waals surface area contributed by atoms with E-state index in [1.807, 2.05) is 6.92 Å². The Morgan fingerprint density at radius 3 is 2.62 bits per heavy atom. The van der Waals surface area contributed by atoms with Crippen molar-refractivity contribution >= 4 is 39.8 Å². The van der Waals surface area contributed by atoms with Crippen LogP contribution >= 0.6 is 11.8 Å². The van der Waals surface area contributed by atoms with Gasteiger partial charge < -0.3 is 4.57 Å². The highest BCUT2D eigenvalue weighted by molar-refractivity contribution is 8.26. The molecule has 34 heavy (non-hydrogen) atoms. The first-order valence-corrected chi connectivity index (χ1v) is 12.9.